The molecule has 0 aromatic rings. The third-order valence-electron chi connectivity index (χ3n) is 2.50. The fourth-order valence-electron chi connectivity index (χ4n) is 1.77. The third kappa shape index (κ3) is 3.92. The van der Waals surface area contributed by atoms with Crippen LogP contribution in [0.25, 0.3) is 0 Å². The molecule has 1 aliphatic rings. The van der Waals surface area contributed by atoms with Gasteiger partial charge in [0.2, 0.25) is 0 Å². The maximum Gasteiger partial charge on any atom is -0.0533 e. The Kier molecular flexibility index (Phi) is 4.67. The topological polar surface area (TPSA) is 0 Å². The molecule has 0 saturated heterocycles. The SMILES string of the molecule is C1CCCCCCCCC1. The molecule has 0 amide bonds. The fourth-order valence-corrected chi connectivity index (χ4v) is 1.77. The van der Waals surface area contributed by atoms with Crippen molar-refractivity contribution >= 4 is 0 Å². The second kappa shape index (κ2) is 5.76. The lowest BCUT2D eigenvalue weighted by Crippen LogP contribution is -1.85. The molecule has 10 heavy (non-hydrogen) atoms. The molecule has 0 atom stereocenters. The summed E-state index contributed by atoms with van der Waals surface area (Å²) in [5.74, 6) is 0. The molecule has 60 valence electrons. The van der Waals surface area contributed by atoms with E-state index in [1.807, 2.05) is 0 Å². The van der Waals surface area contributed by atoms with Crippen molar-refractivity contribution in [2.24, 2.45) is 0 Å². The highest BCUT2D eigenvalue weighted by molar-refractivity contribution is 4.51. The van der Waals surface area contributed by atoms with Gasteiger partial charge < -0.3 is 0 Å². The highest BCUT2D eigenvalue weighted by Gasteiger charge is 1.95. The summed E-state index contributed by atoms with van der Waals surface area (Å²) in [6.45, 7) is 0. The van der Waals surface area contributed by atoms with Crippen LogP contribution in [0.2, 0.25) is 0 Å². The maximum absolute atomic E-state index is 1.50. The Hall–Kier alpha value is 0. The van der Waals surface area contributed by atoms with Crippen molar-refractivity contribution in [3.05, 3.63) is 0 Å². The Morgan fingerprint density at radius 2 is 0.300 bits per heavy atom. The minimum absolute atomic E-state index is 1.50. The van der Waals surface area contributed by atoms with Gasteiger partial charge in [0.05, 0.1) is 0 Å². The van der Waals surface area contributed by atoms with E-state index in [9.17, 15) is 0 Å². The Balaban J connectivity index is 2.00. The largest absolute Gasteiger partial charge is 0.0533 e. The first-order valence-corrected chi connectivity index (χ1v) is 5.00. The van der Waals surface area contributed by atoms with E-state index in [1.165, 1.54) is 64.2 Å². The second-order valence-corrected chi connectivity index (χ2v) is 3.54. The summed E-state index contributed by atoms with van der Waals surface area (Å²) in [7, 11) is 0. The summed E-state index contributed by atoms with van der Waals surface area (Å²) in [6, 6.07) is 0. The normalized spacial score (nSPS) is 24.0. The lowest BCUT2D eigenvalue weighted by atomic mass is 10.0. The van der Waals surface area contributed by atoms with E-state index in [1.54, 1.807) is 0 Å². The molecule has 0 heterocycles. The summed E-state index contributed by atoms with van der Waals surface area (Å²) in [4.78, 5) is 0. The molecular weight excluding hydrogens is 120 g/mol. The van der Waals surface area contributed by atoms with Crippen molar-refractivity contribution in [3.8, 4) is 0 Å². The smallest absolute Gasteiger partial charge is 0.0533 e. The standard InChI is InChI=1S/C10H20/c1-2-4-6-8-10-9-7-5-3-1/h1-10H2. The maximum atomic E-state index is 1.50. The van der Waals surface area contributed by atoms with Crippen molar-refractivity contribution < 1.29 is 0 Å². The van der Waals surface area contributed by atoms with Crippen LogP contribution >= 0.6 is 0 Å². The lowest BCUT2D eigenvalue weighted by Gasteiger charge is -2.05. The molecule has 1 fully saturated rings. The minimum atomic E-state index is 1.50. The van der Waals surface area contributed by atoms with Crippen molar-refractivity contribution in [2.45, 2.75) is 64.2 Å². The molecule has 0 heteroatoms. The molecule has 0 unspecified atom stereocenters. The van der Waals surface area contributed by atoms with Gasteiger partial charge in [-0.05, 0) is 0 Å². The monoisotopic (exact) mass is 140 g/mol. The van der Waals surface area contributed by atoms with Crippen LogP contribution < -0.4 is 0 Å². The lowest BCUT2D eigenvalue weighted by molar-refractivity contribution is 0.504. The minimum Gasteiger partial charge on any atom is -0.0533 e. The van der Waals surface area contributed by atoms with Crippen molar-refractivity contribution in [1.29, 1.82) is 0 Å². The van der Waals surface area contributed by atoms with Gasteiger partial charge >= 0.3 is 0 Å². The summed E-state index contributed by atoms with van der Waals surface area (Å²) in [6.07, 6.45) is 15.0. The molecule has 1 aliphatic carbocycles. The van der Waals surface area contributed by atoms with Crippen LogP contribution in [0.4, 0.5) is 0 Å². The predicted octanol–water partition coefficient (Wildman–Crippen LogP) is 3.90. The van der Waals surface area contributed by atoms with Gasteiger partial charge in [-0.2, -0.15) is 0 Å². The van der Waals surface area contributed by atoms with E-state index in [-0.39, 0.29) is 0 Å². The number of hydrogen-bond acceptors (Lipinski definition) is 0. The molecule has 0 N–H and O–H groups in total. The van der Waals surface area contributed by atoms with Crippen LogP contribution in [0.1, 0.15) is 64.2 Å². The van der Waals surface area contributed by atoms with Crippen molar-refractivity contribution in [1.82, 2.24) is 0 Å². The van der Waals surface area contributed by atoms with E-state index in [0.717, 1.165) is 0 Å². The van der Waals surface area contributed by atoms with Gasteiger partial charge in [0.25, 0.3) is 0 Å². The van der Waals surface area contributed by atoms with Gasteiger partial charge in [0.1, 0.15) is 0 Å². The zero-order chi connectivity index (χ0) is 7.07. The summed E-state index contributed by atoms with van der Waals surface area (Å²) >= 11 is 0. The predicted molar refractivity (Wildman–Crippen MR) is 46.2 cm³/mol. The quantitative estimate of drug-likeness (QED) is 0.478. The van der Waals surface area contributed by atoms with E-state index in [4.69, 9.17) is 0 Å². The van der Waals surface area contributed by atoms with Crippen LogP contribution in [-0.4, -0.2) is 0 Å². The van der Waals surface area contributed by atoms with Crippen LogP contribution in [0.5, 0.6) is 0 Å². The molecule has 0 spiro atoms. The zero-order valence-electron chi connectivity index (χ0n) is 7.07. The average Bonchev–Trinajstić information content (AvgIpc) is 2.01. The number of hydrogen-bond donors (Lipinski definition) is 0. The molecule has 0 aliphatic heterocycles. The van der Waals surface area contributed by atoms with Gasteiger partial charge in [-0.25, -0.2) is 0 Å². The molecule has 0 nitrogen and oxygen atoms in total. The van der Waals surface area contributed by atoms with E-state index in [2.05, 4.69) is 0 Å². The first kappa shape index (κ1) is 8.10. The highest BCUT2D eigenvalue weighted by atomic mass is 14.0. The third-order valence-corrected chi connectivity index (χ3v) is 2.50. The van der Waals surface area contributed by atoms with E-state index in [0.29, 0.717) is 0 Å². The van der Waals surface area contributed by atoms with Gasteiger partial charge in [-0.15, -0.1) is 0 Å². The first-order valence-electron chi connectivity index (χ1n) is 5.00. The summed E-state index contributed by atoms with van der Waals surface area (Å²) < 4.78 is 0. The zero-order valence-corrected chi connectivity index (χ0v) is 7.07. The van der Waals surface area contributed by atoms with Crippen LogP contribution in [0, 0.1) is 0 Å². The summed E-state index contributed by atoms with van der Waals surface area (Å²) in [5.41, 5.74) is 0. The first-order chi connectivity index (χ1) is 5.00. The molecule has 1 rings (SSSR count). The van der Waals surface area contributed by atoms with Crippen LogP contribution in [0.3, 0.4) is 0 Å². The molecule has 0 bridgehead atoms. The van der Waals surface area contributed by atoms with Gasteiger partial charge in [-0.1, -0.05) is 64.2 Å². The van der Waals surface area contributed by atoms with Crippen LogP contribution in [-0.2, 0) is 0 Å². The fraction of sp³-hybridized carbons (Fsp3) is 1.00. The summed E-state index contributed by atoms with van der Waals surface area (Å²) in [5, 5.41) is 0. The van der Waals surface area contributed by atoms with Crippen molar-refractivity contribution in [3.63, 3.8) is 0 Å². The van der Waals surface area contributed by atoms with Gasteiger partial charge in [0.15, 0.2) is 0 Å². The Labute approximate surface area is 65.0 Å². The molecule has 0 aromatic heterocycles. The Bertz CT molecular complexity index is 33.2. The Morgan fingerprint density at radius 1 is 0.200 bits per heavy atom. The highest BCUT2D eigenvalue weighted by Crippen LogP contribution is 2.15. The average molecular weight is 140 g/mol. The molecule has 0 radical (unpaired) electrons. The molecule has 0 aromatic carbocycles. The second-order valence-electron chi connectivity index (χ2n) is 3.54. The number of rotatable bonds is 0. The molecular formula is C10H20. The van der Waals surface area contributed by atoms with Gasteiger partial charge in [0, 0.05) is 0 Å². The van der Waals surface area contributed by atoms with Crippen molar-refractivity contribution in [2.75, 3.05) is 0 Å². The van der Waals surface area contributed by atoms with E-state index >= 15 is 0 Å². The van der Waals surface area contributed by atoms with Crippen LogP contribution in [0.15, 0.2) is 0 Å². The molecule has 1 saturated carbocycles. The van der Waals surface area contributed by atoms with Gasteiger partial charge in [-0.3, -0.25) is 0 Å². The Morgan fingerprint density at radius 3 is 0.400 bits per heavy atom. The van der Waals surface area contributed by atoms with E-state index < -0.39 is 0 Å².